The summed E-state index contributed by atoms with van der Waals surface area (Å²) in [6.45, 7) is 0.675. The van der Waals surface area contributed by atoms with Crippen LogP contribution >= 0.6 is 0 Å². The molecule has 0 bridgehead atoms. The van der Waals surface area contributed by atoms with Crippen LogP contribution in [-0.4, -0.2) is 27.5 Å². The minimum absolute atomic E-state index is 0.137. The number of anilines is 3. The SMILES string of the molecule is Nc1ncc(CNc2ccc(C3(O)CNC3=O)cc2)c(N)n1. The second-order valence-corrected chi connectivity index (χ2v) is 5.11. The number of aromatic nitrogens is 2. The topological polar surface area (TPSA) is 139 Å². The number of nitrogens with one attached hydrogen (secondary N) is 2. The van der Waals surface area contributed by atoms with Crippen LogP contribution in [0.3, 0.4) is 0 Å². The van der Waals surface area contributed by atoms with Gasteiger partial charge in [0, 0.05) is 24.0 Å². The van der Waals surface area contributed by atoms with Gasteiger partial charge in [-0.3, -0.25) is 4.79 Å². The highest BCUT2D eigenvalue weighted by atomic mass is 16.3. The molecule has 1 unspecified atom stereocenters. The lowest BCUT2D eigenvalue weighted by molar-refractivity contribution is -0.153. The largest absolute Gasteiger partial charge is 0.383 e. The van der Waals surface area contributed by atoms with Gasteiger partial charge in [0.25, 0.3) is 5.91 Å². The molecule has 3 rings (SSSR count). The number of nitrogens with two attached hydrogens (primary N) is 2. The van der Waals surface area contributed by atoms with Gasteiger partial charge >= 0.3 is 0 Å². The summed E-state index contributed by atoms with van der Waals surface area (Å²) >= 11 is 0. The highest BCUT2D eigenvalue weighted by Crippen LogP contribution is 2.27. The average molecular weight is 300 g/mol. The molecule has 1 saturated heterocycles. The number of rotatable bonds is 4. The summed E-state index contributed by atoms with van der Waals surface area (Å²) in [6, 6.07) is 6.99. The molecule has 0 radical (unpaired) electrons. The first-order valence-corrected chi connectivity index (χ1v) is 6.71. The number of carbonyl (C=O) groups is 1. The highest BCUT2D eigenvalue weighted by molar-refractivity contribution is 5.92. The molecule has 0 spiro atoms. The van der Waals surface area contributed by atoms with Crippen LogP contribution in [-0.2, 0) is 16.9 Å². The summed E-state index contributed by atoms with van der Waals surface area (Å²) in [5.74, 6) is 0.0923. The van der Waals surface area contributed by atoms with E-state index >= 15 is 0 Å². The zero-order valence-corrected chi connectivity index (χ0v) is 11.7. The number of benzene rings is 1. The highest BCUT2D eigenvalue weighted by Gasteiger charge is 2.45. The van der Waals surface area contributed by atoms with Crippen molar-refractivity contribution in [3.63, 3.8) is 0 Å². The van der Waals surface area contributed by atoms with E-state index in [1.165, 1.54) is 0 Å². The van der Waals surface area contributed by atoms with Crippen LogP contribution in [0, 0.1) is 0 Å². The Kier molecular flexibility index (Phi) is 3.30. The second kappa shape index (κ2) is 5.15. The van der Waals surface area contributed by atoms with Crippen molar-refractivity contribution in [2.24, 2.45) is 0 Å². The minimum atomic E-state index is -1.41. The van der Waals surface area contributed by atoms with Crippen molar-refractivity contribution in [1.82, 2.24) is 15.3 Å². The van der Waals surface area contributed by atoms with Gasteiger partial charge in [-0.05, 0) is 17.7 Å². The van der Waals surface area contributed by atoms with E-state index in [0.29, 0.717) is 17.9 Å². The summed E-state index contributed by atoms with van der Waals surface area (Å²) in [5, 5.41) is 15.8. The molecule has 1 aliphatic heterocycles. The van der Waals surface area contributed by atoms with E-state index in [-0.39, 0.29) is 18.4 Å². The quantitative estimate of drug-likeness (QED) is 0.483. The minimum Gasteiger partial charge on any atom is -0.383 e. The molecule has 8 heteroatoms. The summed E-state index contributed by atoms with van der Waals surface area (Å²) in [4.78, 5) is 19.2. The molecule has 8 nitrogen and oxygen atoms in total. The predicted molar refractivity (Wildman–Crippen MR) is 81.5 cm³/mol. The van der Waals surface area contributed by atoms with Crippen LogP contribution in [0.2, 0.25) is 0 Å². The van der Waals surface area contributed by atoms with Gasteiger partial charge in [0.15, 0.2) is 5.60 Å². The molecule has 22 heavy (non-hydrogen) atoms. The van der Waals surface area contributed by atoms with Gasteiger partial charge < -0.3 is 27.2 Å². The maximum absolute atomic E-state index is 11.4. The standard InChI is InChI=1S/C14H16N6O2/c15-11-8(6-18-13(16)20-11)5-17-10-3-1-9(2-4-10)14(22)7-19-12(14)21/h1-4,6,17,22H,5,7H2,(H,19,21)(H4,15,16,18,20). The van der Waals surface area contributed by atoms with Gasteiger partial charge in [-0.2, -0.15) is 4.98 Å². The second-order valence-electron chi connectivity index (χ2n) is 5.11. The number of carbonyl (C=O) groups excluding carboxylic acids is 1. The van der Waals surface area contributed by atoms with Crippen molar-refractivity contribution in [1.29, 1.82) is 0 Å². The Balaban J connectivity index is 1.68. The molecule has 1 aliphatic rings. The number of hydrogen-bond acceptors (Lipinski definition) is 7. The van der Waals surface area contributed by atoms with Crippen molar-refractivity contribution in [3.05, 3.63) is 41.6 Å². The molecule has 1 atom stereocenters. The Morgan fingerprint density at radius 2 is 2.05 bits per heavy atom. The monoisotopic (exact) mass is 300 g/mol. The third kappa shape index (κ3) is 2.40. The molecule has 2 heterocycles. The smallest absolute Gasteiger partial charge is 0.258 e. The van der Waals surface area contributed by atoms with Crippen LogP contribution in [0.4, 0.5) is 17.5 Å². The van der Waals surface area contributed by atoms with E-state index in [1.54, 1.807) is 30.5 Å². The number of β-lactam (4-membered cyclic amide) rings is 1. The Bertz CT molecular complexity index is 718. The lowest BCUT2D eigenvalue weighted by atomic mass is 9.87. The number of amides is 1. The lowest BCUT2D eigenvalue weighted by Gasteiger charge is -2.36. The van der Waals surface area contributed by atoms with Crippen LogP contribution in [0.15, 0.2) is 30.5 Å². The van der Waals surface area contributed by atoms with Gasteiger partial charge in [-0.15, -0.1) is 0 Å². The van der Waals surface area contributed by atoms with E-state index in [0.717, 1.165) is 11.3 Å². The van der Waals surface area contributed by atoms with Gasteiger partial charge in [0.05, 0.1) is 6.54 Å². The average Bonchev–Trinajstić information content (AvgIpc) is 2.52. The zero-order valence-electron chi connectivity index (χ0n) is 11.7. The van der Waals surface area contributed by atoms with Gasteiger partial charge in [-0.25, -0.2) is 4.98 Å². The third-order valence-corrected chi connectivity index (χ3v) is 3.64. The van der Waals surface area contributed by atoms with E-state index in [1.807, 2.05) is 0 Å². The van der Waals surface area contributed by atoms with E-state index in [2.05, 4.69) is 20.6 Å². The first kappa shape index (κ1) is 14.1. The Morgan fingerprint density at radius 1 is 1.32 bits per heavy atom. The van der Waals surface area contributed by atoms with Crippen LogP contribution in [0.1, 0.15) is 11.1 Å². The van der Waals surface area contributed by atoms with E-state index < -0.39 is 5.60 Å². The number of nitrogens with zero attached hydrogens (tertiary/aromatic N) is 2. The summed E-state index contributed by atoms with van der Waals surface area (Å²) in [7, 11) is 0. The van der Waals surface area contributed by atoms with Crippen molar-refractivity contribution >= 4 is 23.4 Å². The van der Waals surface area contributed by atoms with Crippen LogP contribution < -0.4 is 22.1 Å². The fourth-order valence-corrected chi connectivity index (χ4v) is 2.19. The predicted octanol–water partition coefficient (Wildman–Crippen LogP) is -0.430. The molecule has 7 N–H and O–H groups in total. The van der Waals surface area contributed by atoms with Crippen molar-refractivity contribution in [2.45, 2.75) is 12.1 Å². The fourth-order valence-electron chi connectivity index (χ4n) is 2.19. The number of β-amino-alcohol motifs (C(OH)–C–C–N with tert-alkyl or cyclic N) is 1. The van der Waals surface area contributed by atoms with Gasteiger partial charge in [0.2, 0.25) is 5.95 Å². The molecule has 114 valence electrons. The lowest BCUT2D eigenvalue weighted by Crippen LogP contribution is -2.62. The van der Waals surface area contributed by atoms with Gasteiger partial charge in [-0.1, -0.05) is 12.1 Å². The number of aliphatic hydroxyl groups is 1. The van der Waals surface area contributed by atoms with Crippen molar-refractivity contribution in [3.8, 4) is 0 Å². The fraction of sp³-hybridized carbons (Fsp3) is 0.214. The molecular formula is C14H16N6O2. The molecule has 2 aromatic rings. The first-order valence-electron chi connectivity index (χ1n) is 6.71. The van der Waals surface area contributed by atoms with Crippen LogP contribution in [0.5, 0.6) is 0 Å². The third-order valence-electron chi connectivity index (χ3n) is 3.64. The molecule has 0 aliphatic carbocycles. The van der Waals surface area contributed by atoms with Crippen molar-refractivity contribution in [2.75, 3.05) is 23.3 Å². The van der Waals surface area contributed by atoms with Gasteiger partial charge in [0.1, 0.15) is 5.82 Å². The molecule has 1 amide bonds. The molecular weight excluding hydrogens is 284 g/mol. The molecule has 1 aromatic carbocycles. The van der Waals surface area contributed by atoms with Crippen LogP contribution in [0.25, 0.3) is 0 Å². The molecule has 0 saturated carbocycles. The number of hydrogen-bond donors (Lipinski definition) is 5. The van der Waals surface area contributed by atoms with E-state index in [4.69, 9.17) is 11.5 Å². The maximum Gasteiger partial charge on any atom is 0.258 e. The normalized spacial score (nSPS) is 20.1. The zero-order chi connectivity index (χ0) is 15.7. The van der Waals surface area contributed by atoms with E-state index in [9.17, 15) is 9.90 Å². The maximum atomic E-state index is 11.4. The van der Waals surface area contributed by atoms with Crippen molar-refractivity contribution < 1.29 is 9.90 Å². The Labute approximate surface area is 126 Å². The summed E-state index contributed by atoms with van der Waals surface area (Å²) in [6.07, 6.45) is 1.57. The summed E-state index contributed by atoms with van der Waals surface area (Å²) in [5.41, 5.74) is 11.9. The Hall–Kier alpha value is -2.87. The summed E-state index contributed by atoms with van der Waals surface area (Å²) < 4.78 is 0. The number of nitrogen functional groups attached to an aromatic ring is 2. The molecule has 1 aromatic heterocycles. The first-order chi connectivity index (χ1) is 10.5. The Morgan fingerprint density at radius 3 is 2.59 bits per heavy atom. The molecule has 1 fully saturated rings.